The third kappa shape index (κ3) is 5.65. The first-order chi connectivity index (χ1) is 18.4. The topological polar surface area (TPSA) is 133 Å². The molecule has 2 aromatic carbocycles. The molecule has 0 fully saturated rings. The molecule has 0 radical (unpaired) electrons. The molecule has 0 spiro atoms. The van der Waals surface area contributed by atoms with E-state index in [1.165, 1.54) is 6.33 Å². The summed E-state index contributed by atoms with van der Waals surface area (Å²) < 4.78 is 28.5. The summed E-state index contributed by atoms with van der Waals surface area (Å²) in [6.07, 6.45) is 3.33. The molecular weight excluding hydrogens is 502 g/mol. The molecule has 11 nitrogen and oxygen atoms in total. The Hall–Kier alpha value is -4.32. The number of aromatic nitrogens is 7. The molecule has 12 heteroatoms. The second-order valence-corrected chi connectivity index (χ2v) is 11.0. The summed E-state index contributed by atoms with van der Waals surface area (Å²) >= 11 is 0. The lowest BCUT2D eigenvalue weighted by Crippen LogP contribution is -2.20. The molecule has 38 heavy (non-hydrogen) atoms. The van der Waals surface area contributed by atoms with E-state index >= 15 is 0 Å². The maximum absolute atomic E-state index is 12.8. The van der Waals surface area contributed by atoms with Crippen LogP contribution in [-0.2, 0) is 16.6 Å². The quantitative estimate of drug-likeness (QED) is 0.243. The molecule has 2 N–H and O–H groups in total. The van der Waals surface area contributed by atoms with E-state index in [0.717, 1.165) is 15.2 Å². The lowest BCUT2D eigenvalue weighted by molar-refractivity contribution is 0.578. The van der Waals surface area contributed by atoms with Crippen LogP contribution >= 0.6 is 0 Å². The Kier molecular flexibility index (Phi) is 7.31. The summed E-state index contributed by atoms with van der Waals surface area (Å²) in [7, 11) is -3.66. The average molecular weight is 532 g/mol. The van der Waals surface area contributed by atoms with E-state index in [1.54, 1.807) is 6.33 Å². The number of nitrogens with one attached hydrogen (secondary N) is 2. The van der Waals surface area contributed by atoms with Crippen LogP contribution in [0.5, 0.6) is 0 Å². The number of nitrogens with zero attached hydrogens (tertiary/aromatic N) is 7. The number of fused-ring (bicyclic) bond motifs is 1. The van der Waals surface area contributed by atoms with Gasteiger partial charge in [0, 0.05) is 24.7 Å². The Labute approximate surface area is 221 Å². The van der Waals surface area contributed by atoms with Crippen molar-refractivity contribution in [1.82, 2.24) is 33.7 Å². The summed E-state index contributed by atoms with van der Waals surface area (Å²) in [5, 5.41) is 10.7. The van der Waals surface area contributed by atoms with Crippen LogP contribution in [0.3, 0.4) is 0 Å². The van der Waals surface area contributed by atoms with E-state index in [9.17, 15) is 8.42 Å². The van der Waals surface area contributed by atoms with Crippen molar-refractivity contribution < 1.29 is 8.42 Å². The molecule has 3 aromatic heterocycles. The van der Waals surface area contributed by atoms with Crippen LogP contribution in [0, 0.1) is 0 Å². The third-order valence-electron chi connectivity index (χ3n) is 5.93. The fraction of sp³-hybridized carbons (Fsp3) is 0.269. The van der Waals surface area contributed by atoms with Gasteiger partial charge in [-0.25, -0.2) is 18.4 Å². The zero-order valence-corrected chi connectivity index (χ0v) is 22.0. The van der Waals surface area contributed by atoms with Gasteiger partial charge in [0.25, 0.3) is 10.0 Å². The van der Waals surface area contributed by atoms with E-state index in [-0.39, 0.29) is 11.8 Å². The van der Waals surface area contributed by atoms with Crippen LogP contribution in [0.15, 0.2) is 73.3 Å². The molecule has 0 aliphatic rings. The first-order valence-electron chi connectivity index (χ1n) is 12.4. The highest BCUT2D eigenvalue weighted by atomic mass is 32.2. The normalized spacial score (nSPS) is 11.8. The Morgan fingerprint density at radius 2 is 1.63 bits per heavy atom. The maximum atomic E-state index is 12.8. The van der Waals surface area contributed by atoms with Crippen LogP contribution in [0.2, 0.25) is 0 Å². The molecule has 0 bridgehead atoms. The highest BCUT2D eigenvalue weighted by Gasteiger charge is 2.18. The molecule has 0 aliphatic heterocycles. The van der Waals surface area contributed by atoms with E-state index in [0.29, 0.717) is 48.3 Å². The van der Waals surface area contributed by atoms with Crippen LogP contribution in [0.25, 0.3) is 22.6 Å². The van der Waals surface area contributed by atoms with Crippen molar-refractivity contribution >= 4 is 33.0 Å². The zero-order chi connectivity index (χ0) is 26.5. The van der Waals surface area contributed by atoms with Crippen molar-refractivity contribution in [1.29, 1.82) is 0 Å². The maximum Gasteiger partial charge on any atom is 0.255 e. The van der Waals surface area contributed by atoms with Crippen molar-refractivity contribution in [2.75, 3.05) is 22.9 Å². The van der Waals surface area contributed by atoms with Crippen molar-refractivity contribution in [3.05, 3.63) is 78.9 Å². The van der Waals surface area contributed by atoms with Gasteiger partial charge in [-0.15, -0.1) is 9.19 Å². The standard InChI is InChI=1S/C26H29N9O2S/c1-19(2)34-17-29-22-24(28-16-20-10-5-3-6-11-20)31-26(32-25(22)34)27-14-9-15-38(36,37)35-18-30-23(33-35)21-12-7-4-8-13-21/h3-8,10-13,17-19H,9,14-16H2,1-2H3,(H2,27,28,31,32). The number of rotatable bonds is 11. The van der Waals surface area contributed by atoms with Gasteiger partial charge in [-0.05, 0) is 25.8 Å². The van der Waals surface area contributed by atoms with Crippen molar-refractivity contribution in [2.24, 2.45) is 0 Å². The molecule has 5 aromatic rings. The van der Waals surface area contributed by atoms with E-state index in [4.69, 9.17) is 0 Å². The molecule has 0 aliphatic carbocycles. The fourth-order valence-electron chi connectivity index (χ4n) is 3.93. The number of imidazole rings is 1. The first-order valence-corrected chi connectivity index (χ1v) is 14.0. The Bertz CT molecular complexity index is 1610. The minimum absolute atomic E-state index is 0.108. The summed E-state index contributed by atoms with van der Waals surface area (Å²) in [6, 6.07) is 19.4. The first kappa shape index (κ1) is 25.3. The largest absolute Gasteiger partial charge is 0.364 e. The second kappa shape index (κ2) is 11.0. The van der Waals surface area contributed by atoms with Gasteiger partial charge in [0.15, 0.2) is 22.8 Å². The van der Waals surface area contributed by atoms with Gasteiger partial charge in [-0.2, -0.15) is 9.97 Å². The van der Waals surface area contributed by atoms with Gasteiger partial charge in [0.05, 0.1) is 12.1 Å². The van der Waals surface area contributed by atoms with Crippen LogP contribution in [0.4, 0.5) is 11.8 Å². The van der Waals surface area contributed by atoms with Gasteiger partial charge in [-0.3, -0.25) is 0 Å². The van der Waals surface area contributed by atoms with Gasteiger partial charge in [0.1, 0.15) is 6.33 Å². The zero-order valence-electron chi connectivity index (χ0n) is 21.2. The SMILES string of the molecule is CC(C)n1cnc2c(NCc3ccccc3)nc(NCCCS(=O)(=O)n3cnc(-c4ccccc4)n3)nc21. The summed E-state index contributed by atoms with van der Waals surface area (Å²) in [5.41, 5.74) is 3.26. The lowest BCUT2D eigenvalue weighted by atomic mass is 10.2. The van der Waals surface area contributed by atoms with Crippen molar-refractivity contribution in [3.63, 3.8) is 0 Å². The Morgan fingerprint density at radius 3 is 2.37 bits per heavy atom. The molecular formula is C26H29N9O2S. The van der Waals surface area contributed by atoms with E-state index in [1.807, 2.05) is 65.2 Å². The molecule has 5 rings (SSSR count). The number of benzene rings is 2. The van der Waals surface area contributed by atoms with Crippen LogP contribution in [0.1, 0.15) is 31.9 Å². The summed E-state index contributed by atoms with van der Waals surface area (Å²) in [6.45, 7) is 5.07. The van der Waals surface area contributed by atoms with Crippen molar-refractivity contribution in [2.45, 2.75) is 32.9 Å². The Balaban J connectivity index is 1.26. The van der Waals surface area contributed by atoms with Gasteiger partial charge >= 0.3 is 0 Å². The second-order valence-electron chi connectivity index (χ2n) is 9.06. The summed E-state index contributed by atoms with van der Waals surface area (Å²) in [4.78, 5) is 18.0. The predicted molar refractivity (Wildman–Crippen MR) is 147 cm³/mol. The highest BCUT2D eigenvalue weighted by Crippen LogP contribution is 2.24. The third-order valence-corrected chi connectivity index (χ3v) is 7.48. The minimum atomic E-state index is -3.66. The lowest BCUT2D eigenvalue weighted by Gasteiger charge is -2.12. The highest BCUT2D eigenvalue weighted by molar-refractivity contribution is 7.89. The fourth-order valence-corrected chi connectivity index (χ4v) is 5.02. The van der Waals surface area contributed by atoms with Gasteiger partial charge in [-0.1, -0.05) is 60.7 Å². The molecule has 3 heterocycles. The van der Waals surface area contributed by atoms with Gasteiger partial charge in [0.2, 0.25) is 5.95 Å². The van der Waals surface area contributed by atoms with Crippen LogP contribution in [-0.4, -0.2) is 54.4 Å². The molecule has 0 saturated carbocycles. The molecule has 0 saturated heterocycles. The number of hydrogen-bond acceptors (Lipinski definition) is 9. The molecule has 0 unspecified atom stereocenters. The molecule has 0 amide bonds. The molecule has 196 valence electrons. The smallest absolute Gasteiger partial charge is 0.255 e. The Morgan fingerprint density at radius 1 is 0.895 bits per heavy atom. The predicted octanol–water partition coefficient (Wildman–Crippen LogP) is 3.96. The molecule has 0 atom stereocenters. The van der Waals surface area contributed by atoms with Crippen molar-refractivity contribution in [3.8, 4) is 11.4 Å². The average Bonchev–Trinajstić information content (AvgIpc) is 3.60. The van der Waals surface area contributed by atoms with E-state index in [2.05, 4.69) is 49.5 Å². The minimum Gasteiger partial charge on any atom is -0.364 e. The van der Waals surface area contributed by atoms with E-state index < -0.39 is 10.0 Å². The number of hydrogen-bond donors (Lipinski definition) is 2. The summed E-state index contributed by atoms with van der Waals surface area (Å²) in [5.74, 6) is 1.28. The number of anilines is 2. The van der Waals surface area contributed by atoms with Crippen LogP contribution < -0.4 is 10.6 Å². The van der Waals surface area contributed by atoms with Gasteiger partial charge < -0.3 is 15.2 Å². The monoisotopic (exact) mass is 531 g/mol.